The van der Waals surface area contributed by atoms with Crippen LogP contribution < -0.4 is 10.6 Å². The quantitative estimate of drug-likeness (QED) is 0.316. The number of nitrogens with one attached hydrogen (secondary N) is 2. The number of guanidine groups is 1. The van der Waals surface area contributed by atoms with Gasteiger partial charge in [0, 0.05) is 44.8 Å². The molecule has 1 aromatic carbocycles. The van der Waals surface area contributed by atoms with Crippen LogP contribution in [0.4, 0.5) is 0 Å². The van der Waals surface area contributed by atoms with E-state index in [0.717, 1.165) is 51.3 Å². The second kappa shape index (κ2) is 13.4. The molecule has 0 bridgehead atoms. The van der Waals surface area contributed by atoms with Crippen LogP contribution in [0.15, 0.2) is 35.3 Å². The minimum atomic E-state index is 0. The molecule has 2 fully saturated rings. The van der Waals surface area contributed by atoms with Crippen molar-refractivity contribution in [2.45, 2.75) is 64.1 Å². The van der Waals surface area contributed by atoms with Crippen LogP contribution in [0.1, 0.15) is 51.0 Å². The summed E-state index contributed by atoms with van der Waals surface area (Å²) < 4.78 is 0. The highest BCUT2D eigenvalue weighted by Gasteiger charge is 2.21. The third-order valence-corrected chi connectivity index (χ3v) is 6.19. The molecule has 0 unspecified atom stereocenters. The first-order valence-electron chi connectivity index (χ1n) is 11.3. The number of likely N-dealkylation sites (tertiary alicyclic amines) is 1. The third-order valence-electron chi connectivity index (χ3n) is 6.19. The van der Waals surface area contributed by atoms with Gasteiger partial charge in [-0.2, -0.15) is 0 Å². The second-order valence-electron chi connectivity index (χ2n) is 8.36. The van der Waals surface area contributed by atoms with Crippen molar-refractivity contribution < 1.29 is 0 Å². The molecule has 0 aromatic heterocycles. The Morgan fingerprint density at radius 1 is 1.10 bits per heavy atom. The maximum absolute atomic E-state index is 4.84. The van der Waals surface area contributed by atoms with Gasteiger partial charge in [0.05, 0.1) is 6.54 Å². The lowest BCUT2D eigenvalue weighted by atomic mass is 10.0. The van der Waals surface area contributed by atoms with Crippen molar-refractivity contribution >= 4 is 29.9 Å². The fourth-order valence-electron chi connectivity index (χ4n) is 4.44. The van der Waals surface area contributed by atoms with Crippen molar-refractivity contribution in [3.63, 3.8) is 0 Å². The number of likely N-dealkylation sites (N-methyl/N-ethyl adjacent to an activating group) is 1. The normalized spacial score (nSPS) is 19.3. The van der Waals surface area contributed by atoms with Crippen molar-refractivity contribution in [3.8, 4) is 0 Å². The molecule has 1 saturated heterocycles. The number of hydrogen-bond acceptors (Lipinski definition) is 3. The Kier molecular flexibility index (Phi) is 11.3. The van der Waals surface area contributed by atoms with E-state index >= 15 is 0 Å². The van der Waals surface area contributed by atoms with Crippen molar-refractivity contribution in [1.29, 1.82) is 0 Å². The topological polar surface area (TPSA) is 42.9 Å². The van der Waals surface area contributed by atoms with E-state index in [2.05, 4.69) is 64.7 Å². The largest absolute Gasteiger partial charge is 0.357 e. The first-order chi connectivity index (χ1) is 13.7. The van der Waals surface area contributed by atoms with E-state index in [0.29, 0.717) is 6.04 Å². The van der Waals surface area contributed by atoms with E-state index in [1.54, 1.807) is 0 Å². The maximum Gasteiger partial charge on any atom is 0.191 e. The minimum absolute atomic E-state index is 0. The average Bonchev–Trinajstić information content (AvgIpc) is 3.25. The molecule has 0 amide bonds. The highest BCUT2D eigenvalue weighted by atomic mass is 127. The first-order valence-corrected chi connectivity index (χ1v) is 11.3. The highest BCUT2D eigenvalue weighted by molar-refractivity contribution is 14.0. The van der Waals surface area contributed by atoms with Gasteiger partial charge in [0.25, 0.3) is 0 Å². The summed E-state index contributed by atoms with van der Waals surface area (Å²) in [5.74, 6) is 0.990. The van der Waals surface area contributed by atoms with Crippen molar-refractivity contribution in [2.24, 2.45) is 4.99 Å². The highest BCUT2D eigenvalue weighted by Crippen LogP contribution is 2.22. The Morgan fingerprint density at radius 2 is 1.79 bits per heavy atom. The van der Waals surface area contributed by atoms with E-state index in [-0.39, 0.29) is 24.0 Å². The number of benzene rings is 1. The van der Waals surface area contributed by atoms with Crippen molar-refractivity contribution in [1.82, 2.24) is 20.4 Å². The standard InChI is InChI=1S/C23H39N5.HI/c1-3-24-23(25-15-18-27(2)22-11-7-8-12-22)26-21-13-16-28(17-14-21)19-20-9-5-4-6-10-20;/h4-6,9-10,21-22H,3,7-8,11-19H2,1-2H3,(H2,24,25,26);1H. The molecule has 0 spiro atoms. The summed E-state index contributed by atoms with van der Waals surface area (Å²) in [5.41, 5.74) is 1.41. The number of rotatable bonds is 8. The number of halogens is 1. The summed E-state index contributed by atoms with van der Waals surface area (Å²) in [4.78, 5) is 9.91. The molecule has 0 atom stereocenters. The predicted octanol–water partition coefficient (Wildman–Crippen LogP) is 3.70. The lowest BCUT2D eigenvalue weighted by molar-refractivity contribution is 0.198. The van der Waals surface area contributed by atoms with E-state index in [4.69, 9.17) is 4.99 Å². The van der Waals surface area contributed by atoms with Gasteiger partial charge in [-0.25, -0.2) is 0 Å². The zero-order chi connectivity index (χ0) is 19.6. The Balaban J connectivity index is 0.00000300. The fourth-order valence-corrected chi connectivity index (χ4v) is 4.44. The van der Waals surface area contributed by atoms with Crippen molar-refractivity contribution in [3.05, 3.63) is 35.9 Å². The van der Waals surface area contributed by atoms with Crippen LogP contribution in [-0.2, 0) is 6.54 Å². The van der Waals surface area contributed by atoms with Gasteiger partial charge >= 0.3 is 0 Å². The fraction of sp³-hybridized carbons (Fsp3) is 0.696. The molecular formula is C23H40IN5. The van der Waals surface area contributed by atoms with Gasteiger partial charge in [-0.05, 0) is 45.2 Å². The summed E-state index contributed by atoms with van der Waals surface area (Å²) >= 11 is 0. The Bertz CT molecular complexity index is 580. The molecular weight excluding hydrogens is 473 g/mol. The summed E-state index contributed by atoms with van der Waals surface area (Å²) in [6.07, 6.45) is 7.87. The summed E-state index contributed by atoms with van der Waals surface area (Å²) in [6, 6.07) is 12.1. The third kappa shape index (κ3) is 8.42. The molecule has 3 rings (SSSR count). The number of hydrogen-bond donors (Lipinski definition) is 2. The van der Waals surface area contributed by atoms with Crippen LogP contribution in [-0.4, -0.2) is 67.6 Å². The zero-order valence-electron chi connectivity index (χ0n) is 18.3. The number of nitrogens with zero attached hydrogens (tertiary/aromatic N) is 3. The number of piperidine rings is 1. The van der Waals surface area contributed by atoms with Crippen LogP contribution in [0.3, 0.4) is 0 Å². The predicted molar refractivity (Wildman–Crippen MR) is 134 cm³/mol. The molecule has 2 aliphatic rings. The van der Waals surface area contributed by atoms with E-state index in [1.165, 1.54) is 44.1 Å². The second-order valence-corrected chi connectivity index (χ2v) is 8.36. The van der Waals surface area contributed by atoms with Gasteiger partial charge < -0.3 is 15.5 Å². The van der Waals surface area contributed by atoms with Crippen LogP contribution >= 0.6 is 24.0 Å². The smallest absolute Gasteiger partial charge is 0.191 e. The Hall–Kier alpha value is -0.860. The molecule has 2 N–H and O–H groups in total. The van der Waals surface area contributed by atoms with Crippen molar-refractivity contribution in [2.75, 3.05) is 39.8 Å². The summed E-state index contributed by atoms with van der Waals surface area (Å²) in [6.45, 7) is 8.34. The molecule has 164 valence electrons. The van der Waals surface area contributed by atoms with Gasteiger partial charge in [-0.3, -0.25) is 9.89 Å². The van der Waals surface area contributed by atoms with E-state index < -0.39 is 0 Å². The lowest BCUT2D eigenvalue weighted by Crippen LogP contribution is -2.48. The zero-order valence-corrected chi connectivity index (χ0v) is 20.6. The van der Waals surface area contributed by atoms with Gasteiger partial charge in [0.15, 0.2) is 5.96 Å². The molecule has 1 aliphatic carbocycles. The van der Waals surface area contributed by atoms with Gasteiger partial charge in [0.1, 0.15) is 0 Å². The Labute approximate surface area is 194 Å². The van der Waals surface area contributed by atoms with Gasteiger partial charge in [-0.1, -0.05) is 43.2 Å². The molecule has 1 aromatic rings. The van der Waals surface area contributed by atoms with Crippen LogP contribution in [0, 0.1) is 0 Å². The molecule has 6 heteroatoms. The molecule has 29 heavy (non-hydrogen) atoms. The van der Waals surface area contributed by atoms with Crippen LogP contribution in [0.2, 0.25) is 0 Å². The van der Waals surface area contributed by atoms with E-state index in [9.17, 15) is 0 Å². The lowest BCUT2D eigenvalue weighted by Gasteiger charge is -2.33. The summed E-state index contributed by atoms with van der Waals surface area (Å²) in [7, 11) is 2.26. The monoisotopic (exact) mass is 513 g/mol. The van der Waals surface area contributed by atoms with Gasteiger partial charge in [-0.15, -0.1) is 24.0 Å². The number of aliphatic imine (C=N–C) groups is 1. The van der Waals surface area contributed by atoms with E-state index in [1.807, 2.05) is 0 Å². The molecule has 1 heterocycles. The maximum atomic E-state index is 4.84. The molecule has 0 radical (unpaired) electrons. The average molecular weight is 514 g/mol. The van der Waals surface area contributed by atoms with Gasteiger partial charge in [0.2, 0.25) is 0 Å². The molecule has 1 aliphatic heterocycles. The molecule has 1 saturated carbocycles. The summed E-state index contributed by atoms with van der Waals surface area (Å²) in [5, 5.41) is 7.11. The Morgan fingerprint density at radius 3 is 2.45 bits per heavy atom. The van der Waals surface area contributed by atoms with Crippen LogP contribution in [0.5, 0.6) is 0 Å². The first kappa shape index (κ1) is 24.4. The molecule has 5 nitrogen and oxygen atoms in total. The SMILES string of the molecule is CCNC(=NCCN(C)C1CCCC1)NC1CCN(Cc2ccccc2)CC1.I. The minimum Gasteiger partial charge on any atom is -0.357 e. The van der Waals surface area contributed by atoms with Crippen LogP contribution in [0.25, 0.3) is 0 Å².